The zero-order valence-electron chi connectivity index (χ0n) is 13.0. The van der Waals surface area contributed by atoms with Crippen molar-refractivity contribution in [3.63, 3.8) is 0 Å². The van der Waals surface area contributed by atoms with Gasteiger partial charge in [0.05, 0.1) is 18.0 Å². The molecule has 6 heteroatoms. The Morgan fingerprint density at radius 3 is 2.96 bits per heavy atom. The van der Waals surface area contributed by atoms with Gasteiger partial charge in [0.15, 0.2) is 0 Å². The van der Waals surface area contributed by atoms with Crippen LogP contribution in [0.2, 0.25) is 5.02 Å². The largest absolute Gasteiger partial charge is 0.382 e. The fraction of sp³-hybridized carbons (Fsp3) is 0.412. The summed E-state index contributed by atoms with van der Waals surface area (Å²) in [5, 5.41) is 9.48. The maximum Gasteiger partial charge on any atom is 0.285 e. The molecule has 1 aliphatic rings. The highest BCUT2D eigenvalue weighted by Crippen LogP contribution is 2.34. The lowest BCUT2D eigenvalue weighted by molar-refractivity contribution is -0.0238. The Hall–Kier alpha value is -1.85. The van der Waals surface area contributed by atoms with E-state index in [2.05, 4.69) is 46.7 Å². The van der Waals surface area contributed by atoms with Gasteiger partial charge in [0.25, 0.3) is 5.56 Å². The summed E-state index contributed by atoms with van der Waals surface area (Å²) in [5.74, 6) is 0.321. The molecule has 0 amide bonds. The van der Waals surface area contributed by atoms with Crippen molar-refractivity contribution in [3.8, 4) is 0 Å². The number of aromatic nitrogens is 2. The predicted octanol–water partition coefficient (Wildman–Crippen LogP) is 3.31. The first kappa shape index (κ1) is 16.0. The number of hydrogen-bond donors (Lipinski definition) is 2. The van der Waals surface area contributed by atoms with Gasteiger partial charge in [-0.2, -0.15) is 5.10 Å². The van der Waals surface area contributed by atoms with E-state index in [1.165, 1.54) is 17.3 Å². The van der Waals surface area contributed by atoms with Crippen molar-refractivity contribution in [1.29, 1.82) is 0 Å². The normalized spacial score (nSPS) is 21.1. The van der Waals surface area contributed by atoms with Gasteiger partial charge in [0.2, 0.25) is 0 Å². The fourth-order valence-corrected chi connectivity index (χ4v) is 3.08. The summed E-state index contributed by atoms with van der Waals surface area (Å²) >= 11 is 6.00. The zero-order chi connectivity index (χ0) is 16.2. The Kier molecular flexibility index (Phi) is 4.98. The van der Waals surface area contributed by atoms with E-state index in [9.17, 15) is 4.79 Å². The summed E-state index contributed by atoms with van der Waals surface area (Å²) in [6.07, 6.45) is 3.70. The fourth-order valence-electron chi connectivity index (χ4n) is 2.92. The highest BCUT2D eigenvalue weighted by molar-refractivity contribution is 6.32. The van der Waals surface area contributed by atoms with Crippen LogP contribution >= 0.6 is 11.6 Å². The minimum absolute atomic E-state index is 0.0607. The molecule has 1 fully saturated rings. The number of hydrogen-bond acceptors (Lipinski definition) is 4. The van der Waals surface area contributed by atoms with Gasteiger partial charge in [-0.3, -0.25) is 4.79 Å². The second-order valence-corrected chi connectivity index (χ2v) is 6.29. The van der Waals surface area contributed by atoms with Crippen molar-refractivity contribution in [2.24, 2.45) is 5.92 Å². The smallest absolute Gasteiger partial charge is 0.285 e. The molecule has 3 rings (SSSR count). The van der Waals surface area contributed by atoms with Crippen LogP contribution in [0, 0.1) is 12.8 Å². The minimum atomic E-state index is -0.383. The number of halogens is 1. The Labute approximate surface area is 140 Å². The van der Waals surface area contributed by atoms with Crippen LogP contribution in [0.1, 0.15) is 30.1 Å². The van der Waals surface area contributed by atoms with E-state index in [0.717, 1.165) is 19.4 Å². The quantitative estimate of drug-likeness (QED) is 0.900. The maximum atomic E-state index is 11.5. The lowest BCUT2D eigenvalue weighted by atomic mass is 9.89. The minimum Gasteiger partial charge on any atom is -0.382 e. The molecule has 2 N–H and O–H groups in total. The Morgan fingerprint density at radius 1 is 1.39 bits per heavy atom. The standard InChI is InChI=1S/C17H20ClN3O2/c1-11-4-6-12(7-5-11)16-13(3-2-8-23-16)9-19-14-10-20-21-17(22)15(14)18/h4-7,10,13,16H,2-3,8-9H2,1H3,(H2,19,21,22). The zero-order valence-corrected chi connectivity index (χ0v) is 13.8. The first-order chi connectivity index (χ1) is 11.1. The number of aromatic amines is 1. The van der Waals surface area contributed by atoms with Crippen LogP contribution in [-0.2, 0) is 4.74 Å². The van der Waals surface area contributed by atoms with Crippen LogP contribution in [-0.4, -0.2) is 23.3 Å². The molecule has 1 aromatic heterocycles. The first-order valence-electron chi connectivity index (χ1n) is 7.80. The molecule has 5 nitrogen and oxygen atoms in total. The Morgan fingerprint density at radius 2 is 2.17 bits per heavy atom. The van der Waals surface area contributed by atoms with Crippen LogP contribution in [0.25, 0.3) is 0 Å². The van der Waals surface area contributed by atoms with Crippen molar-refractivity contribution in [2.75, 3.05) is 18.5 Å². The van der Waals surface area contributed by atoms with Crippen molar-refractivity contribution >= 4 is 17.3 Å². The van der Waals surface area contributed by atoms with Crippen LogP contribution in [0.3, 0.4) is 0 Å². The molecule has 122 valence electrons. The molecular weight excluding hydrogens is 314 g/mol. The number of aryl methyl sites for hydroxylation is 1. The van der Waals surface area contributed by atoms with Gasteiger partial charge >= 0.3 is 0 Å². The van der Waals surface area contributed by atoms with Crippen LogP contribution in [0.5, 0.6) is 0 Å². The average molecular weight is 334 g/mol. The molecule has 1 aliphatic heterocycles. The third-order valence-electron chi connectivity index (χ3n) is 4.20. The van der Waals surface area contributed by atoms with E-state index in [-0.39, 0.29) is 16.7 Å². The first-order valence-corrected chi connectivity index (χ1v) is 8.18. The summed E-state index contributed by atoms with van der Waals surface area (Å²) in [4.78, 5) is 11.5. The monoisotopic (exact) mass is 333 g/mol. The molecule has 2 atom stereocenters. The number of anilines is 1. The second-order valence-electron chi connectivity index (χ2n) is 5.91. The molecule has 2 aromatic rings. The van der Waals surface area contributed by atoms with Gasteiger partial charge in [0.1, 0.15) is 5.02 Å². The summed E-state index contributed by atoms with van der Waals surface area (Å²) in [6, 6.07) is 8.46. The van der Waals surface area contributed by atoms with Crippen molar-refractivity contribution < 1.29 is 4.74 Å². The van der Waals surface area contributed by atoms with Crippen LogP contribution in [0.4, 0.5) is 5.69 Å². The van der Waals surface area contributed by atoms with E-state index in [1.54, 1.807) is 0 Å². The number of nitrogens with zero attached hydrogens (tertiary/aromatic N) is 1. The second kappa shape index (κ2) is 7.15. The third-order valence-corrected chi connectivity index (χ3v) is 4.58. The molecule has 0 aliphatic carbocycles. The van der Waals surface area contributed by atoms with Gasteiger partial charge in [-0.1, -0.05) is 41.4 Å². The number of ether oxygens (including phenoxy) is 1. The molecule has 0 saturated carbocycles. The molecule has 2 heterocycles. The van der Waals surface area contributed by atoms with Gasteiger partial charge in [0, 0.05) is 19.1 Å². The molecule has 2 unspecified atom stereocenters. The summed E-state index contributed by atoms with van der Waals surface area (Å²) in [6.45, 7) is 3.54. The summed E-state index contributed by atoms with van der Waals surface area (Å²) in [5.41, 5.74) is 2.60. The Balaban J connectivity index is 1.73. The van der Waals surface area contributed by atoms with Crippen molar-refractivity contribution in [2.45, 2.75) is 25.9 Å². The molecule has 0 spiro atoms. The summed E-state index contributed by atoms with van der Waals surface area (Å²) in [7, 11) is 0. The van der Waals surface area contributed by atoms with E-state index in [1.807, 2.05) is 0 Å². The van der Waals surface area contributed by atoms with E-state index < -0.39 is 0 Å². The topological polar surface area (TPSA) is 67.0 Å². The molecule has 0 radical (unpaired) electrons. The van der Waals surface area contributed by atoms with Crippen LogP contribution in [0.15, 0.2) is 35.3 Å². The van der Waals surface area contributed by atoms with Crippen LogP contribution < -0.4 is 10.9 Å². The van der Waals surface area contributed by atoms with Gasteiger partial charge in [-0.05, 0) is 25.3 Å². The highest BCUT2D eigenvalue weighted by Gasteiger charge is 2.27. The van der Waals surface area contributed by atoms with Gasteiger partial charge in [-0.25, -0.2) is 5.10 Å². The maximum absolute atomic E-state index is 11.5. The summed E-state index contributed by atoms with van der Waals surface area (Å²) < 4.78 is 6.00. The molecular formula is C17H20ClN3O2. The molecule has 0 bridgehead atoms. The van der Waals surface area contributed by atoms with Crippen molar-refractivity contribution in [1.82, 2.24) is 10.2 Å². The molecule has 23 heavy (non-hydrogen) atoms. The average Bonchev–Trinajstić information content (AvgIpc) is 2.57. The SMILES string of the molecule is Cc1ccc(C2OCCCC2CNc2cn[nH]c(=O)c2Cl)cc1. The Bertz CT molecular complexity index is 715. The molecule has 1 aromatic carbocycles. The van der Waals surface area contributed by atoms with Gasteiger partial charge in [-0.15, -0.1) is 0 Å². The third kappa shape index (κ3) is 3.74. The van der Waals surface area contributed by atoms with E-state index in [4.69, 9.17) is 16.3 Å². The number of nitrogens with one attached hydrogen (secondary N) is 2. The van der Waals surface area contributed by atoms with Gasteiger partial charge < -0.3 is 10.1 Å². The predicted molar refractivity (Wildman–Crippen MR) is 91.0 cm³/mol. The number of rotatable bonds is 4. The van der Waals surface area contributed by atoms with E-state index >= 15 is 0 Å². The van der Waals surface area contributed by atoms with Crippen molar-refractivity contribution in [3.05, 3.63) is 57.0 Å². The highest BCUT2D eigenvalue weighted by atomic mass is 35.5. The number of H-pyrrole nitrogens is 1. The lowest BCUT2D eigenvalue weighted by Gasteiger charge is -2.32. The molecule has 1 saturated heterocycles. The lowest BCUT2D eigenvalue weighted by Crippen LogP contribution is -2.28. The van der Waals surface area contributed by atoms with E-state index in [0.29, 0.717) is 18.2 Å². The number of benzene rings is 1.